The number of nitrogens with zero attached hydrogens (tertiary/aromatic N) is 1. The van der Waals surface area contributed by atoms with Gasteiger partial charge in [0.2, 0.25) is 10.0 Å². The minimum absolute atomic E-state index is 0. The van der Waals surface area contributed by atoms with Crippen molar-refractivity contribution in [3.63, 3.8) is 0 Å². The van der Waals surface area contributed by atoms with Crippen LogP contribution in [0.25, 0.3) is 0 Å². The van der Waals surface area contributed by atoms with Gasteiger partial charge >= 0.3 is 68.9 Å². The van der Waals surface area contributed by atoms with Crippen molar-refractivity contribution in [3.05, 3.63) is 60.2 Å². The molecule has 2 aromatic carbocycles. The molecule has 0 bridgehead atoms. The van der Waals surface area contributed by atoms with Gasteiger partial charge in [-0.05, 0) is 56.4 Å². The van der Waals surface area contributed by atoms with Crippen molar-refractivity contribution in [2.75, 3.05) is 19.7 Å². The van der Waals surface area contributed by atoms with E-state index in [4.69, 9.17) is 4.74 Å². The molecule has 186 valence electrons. The average Bonchev–Trinajstić information content (AvgIpc) is 2.79. The van der Waals surface area contributed by atoms with Crippen LogP contribution in [-0.2, 0) is 19.6 Å². The van der Waals surface area contributed by atoms with Gasteiger partial charge in [0.1, 0.15) is 5.75 Å². The molecule has 8 nitrogen and oxygen atoms in total. The number of carbonyl (C=O) groups excluding carboxylic acids is 2. The maximum atomic E-state index is 13.3. The van der Waals surface area contributed by atoms with Crippen molar-refractivity contribution >= 4 is 21.9 Å². The van der Waals surface area contributed by atoms with Crippen molar-refractivity contribution in [1.82, 2.24) is 9.62 Å². The molecule has 0 saturated carbocycles. The topological polar surface area (TPSA) is 116 Å². The Balaban J connectivity index is 0.00000612. The Morgan fingerprint density at radius 2 is 1.66 bits per heavy atom. The third-order valence-electron chi connectivity index (χ3n) is 5.13. The molecule has 0 radical (unpaired) electrons. The fourth-order valence-corrected chi connectivity index (χ4v) is 5.16. The molecule has 0 heterocycles. The van der Waals surface area contributed by atoms with Crippen LogP contribution in [0.5, 0.6) is 5.75 Å². The summed E-state index contributed by atoms with van der Waals surface area (Å²) in [6.07, 6.45) is 0.966. The first-order chi connectivity index (χ1) is 16.1. The predicted octanol–water partition coefficient (Wildman–Crippen LogP) is -0.870. The molecule has 0 aliphatic heterocycles. The van der Waals surface area contributed by atoms with Crippen molar-refractivity contribution < 1.29 is 96.7 Å². The van der Waals surface area contributed by atoms with Gasteiger partial charge in [-0.2, -0.15) is 4.31 Å². The molecule has 0 saturated heterocycles. The molecule has 35 heavy (non-hydrogen) atoms. The molecule has 1 N–H and O–H groups in total. The SMILES string of the molecule is Cc1ccc(S(=O)(=O)N(CC(C)C)[C@@H](CCCCNC(=O)COc2ccccc2)C(=O)[O-])cc1.[Cs+]. The Hall–Kier alpha value is -0.858. The first-order valence-corrected chi connectivity index (χ1v) is 12.8. The van der Waals surface area contributed by atoms with Crippen LogP contribution < -0.4 is 84.1 Å². The number of carboxylic acids is 1. The zero-order chi connectivity index (χ0) is 25.1. The monoisotopic (exact) mass is 622 g/mol. The molecule has 10 heteroatoms. The van der Waals surface area contributed by atoms with Crippen LogP contribution in [0.3, 0.4) is 0 Å². The summed E-state index contributed by atoms with van der Waals surface area (Å²) in [5, 5.41) is 14.7. The van der Waals surface area contributed by atoms with E-state index in [0.717, 1.165) is 9.87 Å². The Morgan fingerprint density at radius 1 is 1.03 bits per heavy atom. The number of unbranched alkanes of at least 4 members (excludes halogenated alkanes) is 1. The van der Waals surface area contributed by atoms with Crippen molar-refractivity contribution in [2.24, 2.45) is 5.92 Å². The molecule has 0 aliphatic rings. The molecule has 0 aliphatic carbocycles. The number of aliphatic carboxylic acids is 1. The fraction of sp³-hybridized carbons (Fsp3) is 0.440. The normalized spacial score (nSPS) is 12.1. The summed E-state index contributed by atoms with van der Waals surface area (Å²) in [7, 11) is -4.02. The van der Waals surface area contributed by atoms with Gasteiger partial charge in [0.05, 0.1) is 16.9 Å². The zero-order valence-corrected chi connectivity index (χ0v) is 28.0. The summed E-state index contributed by atoms with van der Waals surface area (Å²) in [5.74, 6) is -1.21. The number of benzene rings is 2. The number of amides is 1. The maximum absolute atomic E-state index is 13.3. The van der Waals surface area contributed by atoms with Gasteiger partial charge in [-0.1, -0.05) is 49.7 Å². The van der Waals surface area contributed by atoms with Crippen LogP contribution in [0.15, 0.2) is 59.5 Å². The molecule has 1 amide bonds. The summed E-state index contributed by atoms with van der Waals surface area (Å²) in [4.78, 5) is 23.9. The second-order valence-electron chi connectivity index (χ2n) is 8.56. The fourth-order valence-electron chi connectivity index (χ4n) is 3.38. The third-order valence-corrected chi connectivity index (χ3v) is 7.02. The number of nitrogens with one attached hydrogen (secondary N) is 1. The van der Waals surface area contributed by atoms with Crippen molar-refractivity contribution in [1.29, 1.82) is 0 Å². The van der Waals surface area contributed by atoms with E-state index in [1.54, 1.807) is 24.3 Å². The van der Waals surface area contributed by atoms with E-state index in [0.29, 0.717) is 25.1 Å². The number of carboxylic acid groups (broad SMARTS) is 1. The van der Waals surface area contributed by atoms with E-state index in [1.165, 1.54) is 12.1 Å². The largest absolute Gasteiger partial charge is 1.00 e. The molecule has 1 atom stereocenters. The van der Waals surface area contributed by atoms with Crippen molar-refractivity contribution in [2.45, 2.75) is 51.0 Å². The van der Waals surface area contributed by atoms with E-state index < -0.39 is 22.0 Å². The molecule has 0 fully saturated rings. The smallest absolute Gasteiger partial charge is 0.548 e. The molecule has 2 aromatic rings. The molecular formula is C25H33CsN2O6S. The van der Waals surface area contributed by atoms with E-state index in [1.807, 2.05) is 39.0 Å². The number of sulfonamides is 1. The van der Waals surface area contributed by atoms with Crippen LogP contribution in [0, 0.1) is 12.8 Å². The van der Waals surface area contributed by atoms with Gasteiger partial charge in [-0.25, -0.2) is 8.42 Å². The number of carbonyl (C=O) groups is 2. The first-order valence-electron chi connectivity index (χ1n) is 11.3. The summed E-state index contributed by atoms with van der Waals surface area (Å²) < 4.78 is 32.9. The Bertz CT molecular complexity index is 1030. The Kier molecular flexibility index (Phi) is 14.8. The van der Waals surface area contributed by atoms with Crippen LogP contribution in [-0.4, -0.2) is 50.3 Å². The number of ether oxygens (including phenoxy) is 1. The average molecular weight is 623 g/mol. The number of para-hydroxylation sites is 1. The zero-order valence-electron chi connectivity index (χ0n) is 20.9. The van der Waals surface area contributed by atoms with E-state index in [-0.39, 0.29) is 105 Å². The molecule has 2 rings (SSSR count). The Morgan fingerprint density at radius 3 is 2.23 bits per heavy atom. The number of aryl methyl sites for hydroxylation is 1. The second kappa shape index (κ2) is 16.1. The minimum atomic E-state index is -4.02. The minimum Gasteiger partial charge on any atom is -0.548 e. The van der Waals surface area contributed by atoms with Crippen LogP contribution in [0.1, 0.15) is 38.7 Å². The molecular weight excluding hydrogens is 589 g/mol. The van der Waals surface area contributed by atoms with E-state index in [2.05, 4.69) is 5.32 Å². The first kappa shape index (κ1) is 32.2. The van der Waals surface area contributed by atoms with E-state index in [9.17, 15) is 23.1 Å². The summed E-state index contributed by atoms with van der Waals surface area (Å²) in [5.41, 5.74) is 0.905. The van der Waals surface area contributed by atoms with Gasteiger partial charge in [-0.3, -0.25) is 4.79 Å². The van der Waals surface area contributed by atoms with Crippen LogP contribution in [0.2, 0.25) is 0 Å². The second-order valence-corrected chi connectivity index (χ2v) is 10.5. The molecule has 0 aromatic heterocycles. The van der Waals surface area contributed by atoms with Crippen LogP contribution in [0.4, 0.5) is 0 Å². The summed E-state index contributed by atoms with van der Waals surface area (Å²) in [6, 6.07) is 14.0. The summed E-state index contributed by atoms with van der Waals surface area (Å²) in [6.45, 7) is 5.77. The van der Waals surface area contributed by atoms with Gasteiger partial charge < -0.3 is 20.0 Å². The number of rotatable bonds is 14. The van der Waals surface area contributed by atoms with Gasteiger partial charge in [0.25, 0.3) is 5.91 Å². The third kappa shape index (κ3) is 11.0. The van der Waals surface area contributed by atoms with Gasteiger partial charge in [0.15, 0.2) is 6.61 Å². The molecule has 0 unspecified atom stereocenters. The summed E-state index contributed by atoms with van der Waals surface area (Å²) >= 11 is 0. The van der Waals surface area contributed by atoms with Gasteiger partial charge in [0, 0.05) is 13.1 Å². The van der Waals surface area contributed by atoms with Crippen LogP contribution >= 0.6 is 0 Å². The van der Waals surface area contributed by atoms with E-state index >= 15 is 0 Å². The number of hydrogen-bond acceptors (Lipinski definition) is 6. The standard InChI is InChI=1S/C25H34N2O6S.Cs/c1-19(2)17-27(34(31,32)22-14-12-20(3)13-15-22)23(25(29)30)11-7-8-16-26-24(28)18-33-21-9-5-4-6-10-21;/h4-6,9-10,12-15,19,23H,7-8,11,16-18H2,1-3H3,(H,26,28)(H,29,30);/q;+1/p-1/t23-;/m0./s1. The Labute approximate surface area is 267 Å². The molecule has 0 spiro atoms. The van der Waals surface area contributed by atoms with Gasteiger partial charge in [-0.15, -0.1) is 0 Å². The number of hydrogen-bond donors (Lipinski definition) is 1. The predicted molar refractivity (Wildman–Crippen MR) is 128 cm³/mol. The maximum Gasteiger partial charge on any atom is 1.00 e. The van der Waals surface area contributed by atoms with Crippen molar-refractivity contribution in [3.8, 4) is 5.75 Å². The quantitative estimate of drug-likeness (QED) is 0.274.